The van der Waals surface area contributed by atoms with E-state index in [9.17, 15) is 4.39 Å². The highest BCUT2D eigenvalue weighted by Gasteiger charge is 2.18. The van der Waals surface area contributed by atoms with E-state index in [1.54, 1.807) is 19.5 Å². The number of aryl methyl sites for hydroxylation is 1. The molecule has 8 heteroatoms. The maximum absolute atomic E-state index is 14.0. The van der Waals surface area contributed by atoms with Crippen molar-refractivity contribution in [1.82, 2.24) is 19.7 Å². The summed E-state index contributed by atoms with van der Waals surface area (Å²) in [5.41, 5.74) is 2.60. The summed E-state index contributed by atoms with van der Waals surface area (Å²) in [5.74, 6) is 2.42. The number of nitrogens with zero attached hydrogens (tertiary/aromatic N) is 4. The molecule has 1 unspecified atom stereocenters. The molecule has 32 heavy (non-hydrogen) atoms. The monoisotopic (exact) mass is 440 g/mol. The normalized spacial score (nSPS) is 16.0. The zero-order valence-corrected chi connectivity index (χ0v) is 18.8. The Kier molecular flexibility index (Phi) is 7.02. The molecule has 0 saturated carbocycles. The van der Waals surface area contributed by atoms with Gasteiger partial charge in [0, 0.05) is 37.2 Å². The van der Waals surface area contributed by atoms with E-state index < -0.39 is 0 Å². The van der Waals surface area contributed by atoms with E-state index in [1.807, 2.05) is 36.9 Å². The molecule has 170 valence electrons. The summed E-state index contributed by atoms with van der Waals surface area (Å²) in [4.78, 5) is 2.15. The van der Waals surface area contributed by atoms with Crippen molar-refractivity contribution in [1.29, 1.82) is 0 Å². The van der Waals surface area contributed by atoms with Crippen LogP contribution in [-0.4, -0.2) is 53.6 Å². The predicted molar refractivity (Wildman–Crippen MR) is 119 cm³/mol. The minimum atomic E-state index is -0.302. The summed E-state index contributed by atoms with van der Waals surface area (Å²) in [5, 5.41) is 8.13. The van der Waals surface area contributed by atoms with Crippen LogP contribution >= 0.6 is 0 Å². The van der Waals surface area contributed by atoms with Crippen molar-refractivity contribution in [2.45, 2.75) is 19.5 Å². The Balaban J connectivity index is 1.61. The zero-order chi connectivity index (χ0) is 22.5. The molecule has 2 aromatic carbocycles. The average molecular weight is 441 g/mol. The van der Waals surface area contributed by atoms with Gasteiger partial charge in [-0.05, 0) is 49.4 Å². The molecule has 0 aliphatic carbocycles. The molecular weight excluding hydrogens is 411 g/mol. The molecular formula is C24H29FN4O3. The molecule has 1 aliphatic heterocycles. The van der Waals surface area contributed by atoms with Gasteiger partial charge in [0.25, 0.3) is 0 Å². The van der Waals surface area contributed by atoms with Crippen LogP contribution in [0.1, 0.15) is 17.8 Å². The third kappa shape index (κ3) is 5.26. The SMILES string of the molecule is COc1ccc(F)cc1-c1ccc(OCC2CCOC2)c(CN(C)Cc2nncn2C)c1. The summed E-state index contributed by atoms with van der Waals surface area (Å²) in [6.45, 7) is 3.41. The van der Waals surface area contributed by atoms with Gasteiger partial charge < -0.3 is 18.8 Å². The van der Waals surface area contributed by atoms with Crippen LogP contribution in [0.5, 0.6) is 11.5 Å². The Morgan fingerprint density at radius 1 is 1.19 bits per heavy atom. The Hall–Kier alpha value is -2.97. The van der Waals surface area contributed by atoms with E-state index in [0.717, 1.165) is 42.3 Å². The van der Waals surface area contributed by atoms with Gasteiger partial charge in [0.2, 0.25) is 0 Å². The summed E-state index contributed by atoms with van der Waals surface area (Å²) >= 11 is 0. The van der Waals surface area contributed by atoms with Crippen LogP contribution in [0.2, 0.25) is 0 Å². The predicted octanol–water partition coefficient (Wildman–Crippen LogP) is 3.68. The largest absolute Gasteiger partial charge is 0.496 e. The number of methoxy groups -OCH3 is 1. The molecule has 0 spiro atoms. The fraction of sp³-hybridized carbons (Fsp3) is 0.417. The smallest absolute Gasteiger partial charge is 0.146 e. The Labute approximate surface area is 187 Å². The summed E-state index contributed by atoms with van der Waals surface area (Å²) in [6.07, 6.45) is 2.71. The van der Waals surface area contributed by atoms with Crippen molar-refractivity contribution >= 4 is 0 Å². The van der Waals surface area contributed by atoms with E-state index in [4.69, 9.17) is 14.2 Å². The van der Waals surface area contributed by atoms with Gasteiger partial charge in [-0.2, -0.15) is 0 Å². The number of ether oxygens (including phenoxy) is 3. The molecule has 2 heterocycles. The number of rotatable bonds is 9. The van der Waals surface area contributed by atoms with Gasteiger partial charge in [0.05, 0.1) is 26.9 Å². The van der Waals surface area contributed by atoms with Crippen molar-refractivity contribution in [3.63, 3.8) is 0 Å². The van der Waals surface area contributed by atoms with Gasteiger partial charge >= 0.3 is 0 Å². The molecule has 1 atom stereocenters. The van der Waals surface area contributed by atoms with Crippen LogP contribution < -0.4 is 9.47 Å². The van der Waals surface area contributed by atoms with Gasteiger partial charge in [-0.3, -0.25) is 4.90 Å². The minimum Gasteiger partial charge on any atom is -0.496 e. The van der Waals surface area contributed by atoms with Gasteiger partial charge in [0.15, 0.2) is 0 Å². The van der Waals surface area contributed by atoms with E-state index in [0.29, 0.717) is 36.9 Å². The molecule has 1 fully saturated rings. The summed E-state index contributed by atoms with van der Waals surface area (Å²) in [6, 6.07) is 10.5. The second-order valence-corrected chi connectivity index (χ2v) is 8.24. The topological polar surface area (TPSA) is 61.6 Å². The van der Waals surface area contributed by atoms with Crippen LogP contribution in [-0.2, 0) is 24.9 Å². The van der Waals surface area contributed by atoms with Crippen LogP contribution in [0, 0.1) is 11.7 Å². The first-order chi connectivity index (χ1) is 15.5. The highest BCUT2D eigenvalue weighted by molar-refractivity contribution is 5.72. The Morgan fingerprint density at radius 3 is 2.75 bits per heavy atom. The first-order valence-corrected chi connectivity index (χ1v) is 10.7. The molecule has 0 bridgehead atoms. The summed E-state index contributed by atoms with van der Waals surface area (Å²) < 4.78 is 33.0. The standard InChI is InChI=1S/C24H29FN4O3/c1-28(13-24-27-26-16-29(24)2)12-19-10-18(21-11-20(25)5-7-23(21)30-3)4-6-22(19)32-15-17-8-9-31-14-17/h4-7,10-11,16-17H,8-9,12-15H2,1-3H3. The zero-order valence-electron chi connectivity index (χ0n) is 18.8. The number of aromatic nitrogens is 3. The van der Waals surface area contributed by atoms with Gasteiger partial charge in [-0.25, -0.2) is 4.39 Å². The number of halogens is 1. The molecule has 1 aliphatic rings. The van der Waals surface area contributed by atoms with Crippen molar-refractivity contribution in [2.24, 2.45) is 13.0 Å². The third-order valence-corrected chi connectivity index (χ3v) is 5.69. The minimum absolute atomic E-state index is 0.302. The van der Waals surface area contributed by atoms with E-state index >= 15 is 0 Å². The lowest BCUT2D eigenvalue weighted by Gasteiger charge is -2.21. The fourth-order valence-corrected chi connectivity index (χ4v) is 3.88. The molecule has 0 N–H and O–H groups in total. The van der Waals surface area contributed by atoms with Gasteiger partial charge in [-0.15, -0.1) is 10.2 Å². The quantitative estimate of drug-likeness (QED) is 0.506. The number of hydrogen-bond acceptors (Lipinski definition) is 6. The van der Waals surface area contributed by atoms with Crippen LogP contribution in [0.15, 0.2) is 42.7 Å². The highest BCUT2D eigenvalue weighted by Crippen LogP contribution is 2.34. The maximum Gasteiger partial charge on any atom is 0.146 e. The van der Waals surface area contributed by atoms with Crippen LogP contribution in [0.4, 0.5) is 4.39 Å². The Bertz CT molecular complexity index is 1050. The fourth-order valence-electron chi connectivity index (χ4n) is 3.88. The van der Waals surface area contributed by atoms with Gasteiger partial charge in [0.1, 0.15) is 29.5 Å². The van der Waals surface area contributed by atoms with Crippen LogP contribution in [0.3, 0.4) is 0 Å². The molecule has 1 saturated heterocycles. The lowest BCUT2D eigenvalue weighted by atomic mass is 10.0. The van der Waals surface area contributed by atoms with E-state index in [2.05, 4.69) is 15.1 Å². The van der Waals surface area contributed by atoms with E-state index in [1.165, 1.54) is 12.1 Å². The molecule has 4 rings (SSSR count). The maximum atomic E-state index is 14.0. The van der Waals surface area contributed by atoms with Crippen molar-refractivity contribution < 1.29 is 18.6 Å². The number of hydrogen-bond donors (Lipinski definition) is 0. The average Bonchev–Trinajstić information content (AvgIpc) is 3.45. The number of benzene rings is 2. The first-order valence-electron chi connectivity index (χ1n) is 10.7. The van der Waals surface area contributed by atoms with Crippen molar-refractivity contribution in [3.8, 4) is 22.6 Å². The summed E-state index contributed by atoms with van der Waals surface area (Å²) in [7, 11) is 5.55. The van der Waals surface area contributed by atoms with Crippen LogP contribution in [0.25, 0.3) is 11.1 Å². The molecule has 1 aromatic heterocycles. The molecule has 7 nitrogen and oxygen atoms in total. The van der Waals surface area contributed by atoms with Gasteiger partial charge in [-0.1, -0.05) is 6.07 Å². The first kappa shape index (κ1) is 22.2. The second kappa shape index (κ2) is 10.1. The van der Waals surface area contributed by atoms with Crippen molar-refractivity contribution in [3.05, 3.63) is 59.9 Å². The highest BCUT2D eigenvalue weighted by atomic mass is 19.1. The van der Waals surface area contributed by atoms with E-state index in [-0.39, 0.29) is 5.82 Å². The Morgan fingerprint density at radius 2 is 2.03 bits per heavy atom. The second-order valence-electron chi connectivity index (χ2n) is 8.24. The van der Waals surface area contributed by atoms with Crippen molar-refractivity contribution in [2.75, 3.05) is 34.0 Å². The molecule has 3 aromatic rings. The third-order valence-electron chi connectivity index (χ3n) is 5.69. The molecule has 0 amide bonds. The lowest BCUT2D eigenvalue weighted by Crippen LogP contribution is -2.20. The molecule has 0 radical (unpaired) electrons. The lowest BCUT2D eigenvalue weighted by molar-refractivity contribution is 0.166.